The molecule has 5 nitrogen and oxygen atoms in total. The Labute approximate surface area is 87.4 Å². The van der Waals surface area contributed by atoms with Crippen LogP contribution in [0.3, 0.4) is 0 Å². The summed E-state index contributed by atoms with van der Waals surface area (Å²) in [7, 11) is 1.79. The van der Waals surface area contributed by atoms with Crippen LogP contribution in [-0.4, -0.2) is 18.5 Å². The van der Waals surface area contributed by atoms with Gasteiger partial charge in [-0.05, 0) is 19.2 Å². The normalized spacial score (nSPS) is 9.13. The van der Waals surface area contributed by atoms with Crippen LogP contribution in [0, 0.1) is 22.0 Å². The minimum Gasteiger partial charge on any atom is -0.393 e. The Morgan fingerprint density at radius 2 is 2.33 bits per heavy atom. The second kappa shape index (κ2) is 4.98. The second-order valence-corrected chi connectivity index (χ2v) is 2.86. The van der Waals surface area contributed by atoms with Crippen LogP contribution in [0.1, 0.15) is 5.56 Å². The molecular formula is C10H11N3O2. The Morgan fingerprint density at radius 3 is 2.87 bits per heavy atom. The van der Waals surface area contributed by atoms with Crippen molar-refractivity contribution in [1.82, 2.24) is 5.32 Å². The molecule has 15 heavy (non-hydrogen) atoms. The first-order valence-electron chi connectivity index (χ1n) is 4.32. The third-order valence-electron chi connectivity index (χ3n) is 1.72. The molecule has 5 heteroatoms. The van der Waals surface area contributed by atoms with E-state index in [1.807, 2.05) is 0 Å². The maximum atomic E-state index is 10.5. The molecule has 0 bridgehead atoms. The SMILES string of the molecule is CNCC#Cc1ccc([N+](=O)[O-])c(N)c1. The van der Waals surface area contributed by atoms with E-state index in [4.69, 9.17) is 5.73 Å². The quantitative estimate of drug-likeness (QED) is 0.323. The number of hydrogen-bond acceptors (Lipinski definition) is 4. The highest BCUT2D eigenvalue weighted by molar-refractivity contribution is 5.61. The highest BCUT2D eigenvalue weighted by atomic mass is 16.6. The first-order chi connectivity index (χ1) is 7.15. The lowest BCUT2D eigenvalue weighted by atomic mass is 10.2. The van der Waals surface area contributed by atoms with Crippen LogP contribution in [0.15, 0.2) is 18.2 Å². The van der Waals surface area contributed by atoms with Crippen LogP contribution in [0.5, 0.6) is 0 Å². The maximum absolute atomic E-state index is 10.5. The third kappa shape index (κ3) is 2.97. The van der Waals surface area contributed by atoms with Gasteiger partial charge in [-0.1, -0.05) is 11.8 Å². The molecule has 0 fully saturated rings. The molecule has 0 heterocycles. The minimum atomic E-state index is -0.514. The molecule has 1 aromatic carbocycles. The average molecular weight is 205 g/mol. The predicted octanol–water partition coefficient (Wildman–Crippen LogP) is 0.748. The summed E-state index contributed by atoms with van der Waals surface area (Å²) in [5.41, 5.74) is 6.22. The van der Waals surface area contributed by atoms with Crippen LogP contribution >= 0.6 is 0 Å². The first kappa shape index (κ1) is 11.0. The van der Waals surface area contributed by atoms with Gasteiger partial charge >= 0.3 is 0 Å². The van der Waals surface area contributed by atoms with Crippen LogP contribution in [0.2, 0.25) is 0 Å². The lowest BCUT2D eigenvalue weighted by molar-refractivity contribution is -0.383. The van der Waals surface area contributed by atoms with E-state index in [-0.39, 0.29) is 11.4 Å². The number of nitrogens with two attached hydrogens (primary N) is 1. The van der Waals surface area contributed by atoms with Gasteiger partial charge in [0, 0.05) is 11.6 Å². The van der Waals surface area contributed by atoms with Gasteiger partial charge in [0.1, 0.15) is 5.69 Å². The molecule has 0 saturated heterocycles. The zero-order valence-electron chi connectivity index (χ0n) is 8.28. The number of nitro benzene ring substituents is 1. The lowest BCUT2D eigenvalue weighted by Crippen LogP contribution is -2.04. The molecule has 0 aliphatic carbocycles. The molecule has 0 aliphatic heterocycles. The Hall–Kier alpha value is -2.06. The zero-order valence-corrected chi connectivity index (χ0v) is 8.28. The number of hydrogen-bond donors (Lipinski definition) is 2. The van der Waals surface area contributed by atoms with Gasteiger partial charge in [0.15, 0.2) is 0 Å². The van der Waals surface area contributed by atoms with Crippen LogP contribution in [0.4, 0.5) is 11.4 Å². The summed E-state index contributed by atoms with van der Waals surface area (Å²) in [6.07, 6.45) is 0. The van der Waals surface area contributed by atoms with E-state index < -0.39 is 4.92 Å². The summed E-state index contributed by atoms with van der Waals surface area (Å²) >= 11 is 0. The molecule has 0 atom stereocenters. The van der Waals surface area contributed by atoms with Crippen molar-refractivity contribution in [1.29, 1.82) is 0 Å². The van der Waals surface area contributed by atoms with E-state index in [0.29, 0.717) is 12.1 Å². The summed E-state index contributed by atoms with van der Waals surface area (Å²) in [4.78, 5) is 9.96. The van der Waals surface area contributed by atoms with Gasteiger partial charge in [0.2, 0.25) is 0 Å². The van der Waals surface area contributed by atoms with Gasteiger partial charge in [0.25, 0.3) is 5.69 Å². The van der Waals surface area contributed by atoms with E-state index in [1.54, 1.807) is 13.1 Å². The molecule has 0 aromatic heterocycles. The number of nitrogen functional groups attached to an aromatic ring is 1. The molecule has 0 amide bonds. The first-order valence-corrected chi connectivity index (χ1v) is 4.32. The van der Waals surface area contributed by atoms with Crippen molar-refractivity contribution in [3.05, 3.63) is 33.9 Å². The van der Waals surface area contributed by atoms with Crippen molar-refractivity contribution in [2.45, 2.75) is 0 Å². The summed E-state index contributed by atoms with van der Waals surface area (Å²) in [6.45, 7) is 0.566. The van der Waals surface area contributed by atoms with Crippen molar-refractivity contribution in [3.8, 4) is 11.8 Å². The van der Waals surface area contributed by atoms with E-state index in [2.05, 4.69) is 17.2 Å². The van der Waals surface area contributed by atoms with Gasteiger partial charge in [-0.2, -0.15) is 0 Å². The van der Waals surface area contributed by atoms with Crippen LogP contribution < -0.4 is 11.1 Å². The van der Waals surface area contributed by atoms with Crippen molar-refractivity contribution >= 4 is 11.4 Å². The molecule has 0 unspecified atom stereocenters. The van der Waals surface area contributed by atoms with E-state index >= 15 is 0 Å². The average Bonchev–Trinajstić information content (AvgIpc) is 2.17. The molecule has 1 aromatic rings. The smallest absolute Gasteiger partial charge is 0.292 e. The Kier molecular flexibility index (Phi) is 3.66. The summed E-state index contributed by atoms with van der Waals surface area (Å²) < 4.78 is 0. The third-order valence-corrected chi connectivity index (χ3v) is 1.72. The van der Waals surface area contributed by atoms with Crippen molar-refractivity contribution < 1.29 is 4.92 Å². The highest BCUT2D eigenvalue weighted by Gasteiger charge is 2.09. The van der Waals surface area contributed by atoms with Crippen molar-refractivity contribution in [3.63, 3.8) is 0 Å². The molecule has 0 spiro atoms. The van der Waals surface area contributed by atoms with E-state index in [0.717, 1.165) is 0 Å². The fraction of sp³-hybridized carbons (Fsp3) is 0.200. The zero-order chi connectivity index (χ0) is 11.3. The summed E-state index contributed by atoms with van der Waals surface area (Å²) in [5.74, 6) is 5.68. The highest BCUT2D eigenvalue weighted by Crippen LogP contribution is 2.21. The lowest BCUT2D eigenvalue weighted by Gasteiger charge is -1.96. The fourth-order valence-electron chi connectivity index (χ4n) is 1.03. The second-order valence-electron chi connectivity index (χ2n) is 2.86. The van der Waals surface area contributed by atoms with Crippen molar-refractivity contribution in [2.24, 2.45) is 0 Å². The fourth-order valence-corrected chi connectivity index (χ4v) is 1.03. The molecule has 0 saturated carbocycles. The number of nitrogens with zero attached hydrogens (tertiary/aromatic N) is 1. The number of benzene rings is 1. The summed E-state index contributed by atoms with van der Waals surface area (Å²) in [5, 5.41) is 13.3. The number of nitro groups is 1. The maximum Gasteiger partial charge on any atom is 0.292 e. The van der Waals surface area contributed by atoms with Crippen LogP contribution in [0.25, 0.3) is 0 Å². The van der Waals surface area contributed by atoms with E-state index in [9.17, 15) is 10.1 Å². The standard InChI is InChI=1S/C10H11N3O2/c1-12-6-2-3-8-4-5-10(13(14)15)9(11)7-8/h4-5,7,12H,6,11H2,1H3. The largest absolute Gasteiger partial charge is 0.393 e. The van der Waals surface area contributed by atoms with Gasteiger partial charge in [-0.25, -0.2) is 0 Å². The molecule has 78 valence electrons. The van der Waals surface area contributed by atoms with Gasteiger partial charge in [-0.15, -0.1) is 0 Å². The summed E-state index contributed by atoms with van der Waals surface area (Å²) in [6, 6.07) is 4.44. The number of rotatable bonds is 2. The molecular weight excluding hydrogens is 194 g/mol. The van der Waals surface area contributed by atoms with Crippen molar-refractivity contribution in [2.75, 3.05) is 19.3 Å². The number of nitrogens with one attached hydrogen (secondary N) is 1. The monoisotopic (exact) mass is 205 g/mol. The predicted molar refractivity (Wildman–Crippen MR) is 58.3 cm³/mol. The minimum absolute atomic E-state index is 0.0887. The van der Waals surface area contributed by atoms with Gasteiger partial charge in [-0.3, -0.25) is 10.1 Å². The Bertz CT molecular complexity index is 432. The van der Waals surface area contributed by atoms with Crippen LogP contribution in [-0.2, 0) is 0 Å². The van der Waals surface area contributed by atoms with Gasteiger partial charge < -0.3 is 11.1 Å². The topological polar surface area (TPSA) is 81.2 Å². The number of anilines is 1. The molecule has 0 radical (unpaired) electrons. The molecule has 0 aliphatic rings. The Balaban J connectivity index is 2.93. The molecule has 3 N–H and O–H groups in total. The van der Waals surface area contributed by atoms with E-state index in [1.165, 1.54) is 12.1 Å². The molecule has 1 rings (SSSR count). The van der Waals surface area contributed by atoms with Gasteiger partial charge in [0.05, 0.1) is 11.5 Å². The Morgan fingerprint density at radius 1 is 1.60 bits per heavy atom.